The number of aliphatic hydroxyl groups excluding tert-OH is 1. The van der Waals surface area contributed by atoms with Crippen LogP contribution in [0.15, 0.2) is 24.8 Å². The van der Waals surface area contributed by atoms with Gasteiger partial charge in [0.05, 0.1) is 0 Å². The van der Waals surface area contributed by atoms with E-state index >= 15 is 0 Å². The molecule has 10 heavy (non-hydrogen) atoms. The Labute approximate surface area is 60.1 Å². The molecule has 56 valence electrons. The smallest absolute Gasteiger partial charge is 0.245 e. The van der Waals surface area contributed by atoms with Crippen molar-refractivity contribution in [2.75, 3.05) is 0 Å². The van der Waals surface area contributed by atoms with Gasteiger partial charge in [-0.1, -0.05) is 12.7 Å². The summed E-state index contributed by atoms with van der Waals surface area (Å²) in [4.78, 5) is 10.6. The summed E-state index contributed by atoms with van der Waals surface area (Å²) in [6.07, 6.45) is 3.20. The quantitative estimate of drug-likeness (QED) is 0.334. The van der Waals surface area contributed by atoms with E-state index in [1.54, 1.807) is 13.0 Å². The third kappa shape index (κ3) is 3.86. The number of carbonyl (C=O) groups excluding carboxylic acids is 1. The fourth-order valence-electron chi connectivity index (χ4n) is 0.404. The number of nitrogens with one attached hydrogen (secondary N) is 1. The zero-order valence-corrected chi connectivity index (χ0v) is 5.87. The zero-order chi connectivity index (χ0) is 7.98. The average Bonchev–Trinajstić information content (AvgIpc) is 1.88. The molecule has 1 atom stereocenters. The van der Waals surface area contributed by atoms with Crippen LogP contribution in [0.2, 0.25) is 0 Å². The van der Waals surface area contributed by atoms with Crippen molar-refractivity contribution in [3.63, 3.8) is 0 Å². The van der Waals surface area contributed by atoms with Crippen molar-refractivity contribution in [3.8, 4) is 0 Å². The van der Waals surface area contributed by atoms with Crippen molar-refractivity contribution in [1.82, 2.24) is 5.32 Å². The summed E-state index contributed by atoms with van der Waals surface area (Å²) in [6.45, 7) is 5.01. The van der Waals surface area contributed by atoms with Gasteiger partial charge in [-0.3, -0.25) is 4.79 Å². The largest absolute Gasteiger partial charge is 0.370 e. The molecule has 0 rings (SSSR count). The molecule has 3 heteroatoms. The Bertz CT molecular complexity index is 152. The average molecular weight is 141 g/mol. The number of aliphatic hydroxyl groups is 1. The molecule has 0 saturated heterocycles. The molecule has 0 aliphatic rings. The molecule has 0 radical (unpaired) electrons. The van der Waals surface area contributed by atoms with E-state index in [4.69, 9.17) is 5.11 Å². The van der Waals surface area contributed by atoms with Crippen molar-refractivity contribution < 1.29 is 9.90 Å². The van der Waals surface area contributed by atoms with Gasteiger partial charge < -0.3 is 10.4 Å². The second kappa shape index (κ2) is 4.76. The Morgan fingerprint density at radius 3 is 2.80 bits per heavy atom. The first-order valence-electron chi connectivity index (χ1n) is 2.94. The lowest BCUT2D eigenvalue weighted by Crippen LogP contribution is -2.31. The first-order chi connectivity index (χ1) is 4.70. The van der Waals surface area contributed by atoms with E-state index < -0.39 is 6.23 Å². The van der Waals surface area contributed by atoms with Gasteiger partial charge in [0, 0.05) is 0 Å². The highest BCUT2D eigenvalue weighted by Crippen LogP contribution is 1.78. The standard InChI is InChI=1S/C7H11NO2/c1-3-5-7(10)8-6(9)4-2/h3-6,9H,2H2,1H3,(H,8,10)/b5-3+. The molecule has 1 amide bonds. The molecule has 2 N–H and O–H groups in total. The van der Waals surface area contributed by atoms with E-state index in [-0.39, 0.29) is 5.91 Å². The second-order valence-corrected chi connectivity index (χ2v) is 1.69. The van der Waals surface area contributed by atoms with Crippen LogP contribution in [0, 0.1) is 0 Å². The second-order valence-electron chi connectivity index (χ2n) is 1.69. The van der Waals surface area contributed by atoms with Crippen LogP contribution in [-0.2, 0) is 4.79 Å². The van der Waals surface area contributed by atoms with Crippen LogP contribution in [0.4, 0.5) is 0 Å². The first kappa shape index (κ1) is 8.91. The van der Waals surface area contributed by atoms with Crippen LogP contribution in [0.5, 0.6) is 0 Å². The normalized spacial score (nSPS) is 13.0. The maximum absolute atomic E-state index is 10.6. The van der Waals surface area contributed by atoms with Crippen molar-refractivity contribution in [2.24, 2.45) is 0 Å². The molecular formula is C7H11NO2. The molecule has 0 aromatic carbocycles. The highest BCUT2D eigenvalue weighted by Gasteiger charge is 1.98. The van der Waals surface area contributed by atoms with Gasteiger partial charge in [-0.05, 0) is 19.1 Å². The molecule has 0 aliphatic carbocycles. The first-order valence-corrected chi connectivity index (χ1v) is 2.94. The van der Waals surface area contributed by atoms with Gasteiger partial charge in [-0.15, -0.1) is 0 Å². The van der Waals surface area contributed by atoms with Crippen LogP contribution in [0.3, 0.4) is 0 Å². The van der Waals surface area contributed by atoms with E-state index in [9.17, 15) is 4.79 Å². The minimum atomic E-state index is -0.955. The monoisotopic (exact) mass is 141 g/mol. The number of carbonyl (C=O) groups is 1. The van der Waals surface area contributed by atoms with Crippen LogP contribution in [0.1, 0.15) is 6.92 Å². The van der Waals surface area contributed by atoms with Gasteiger partial charge in [0.15, 0.2) is 0 Å². The number of hydrogen-bond acceptors (Lipinski definition) is 2. The summed E-state index contributed by atoms with van der Waals surface area (Å²) < 4.78 is 0. The lowest BCUT2D eigenvalue weighted by atomic mass is 10.4. The molecule has 3 nitrogen and oxygen atoms in total. The molecule has 0 saturated carbocycles. The third-order valence-corrected chi connectivity index (χ3v) is 0.831. The molecule has 0 aliphatic heterocycles. The molecular weight excluding hydrogens is 130 g/mol. The van der Waals surface area contributed by atoms with E-state index in [0.717, 1.165) is 0 Å². The summed E-state index contributed by atoms with van der Waals surface area (Å²) in [5.41, 5.74) is 0. The van der Waals surface area contributed by atoms with Crippen molar-refractivity contribution >= 4 is 5.91 Å². The van der Waals surface area contributed by atoms with E-state index in [1.165, 1.54) is 12.2 Å². The molecule has 0 fully saturated rings. The fraction of sp³-hybridized carbons (Fsp3) is 0.286. The van der Waals surface area contributed by atoms with Crippen LogP contribution >= 0.6 is 0 Å². The van der Waals surface area contributed by atoms with Gasteiger partial charge in [-0.2, -0.15) is 0 Å². The Kier molecular flexibility index (Phi) is 4.24. The Hall–Kier alpha value is -1.09. The number of allylic oxidation sites excluding steroid dienone is 1. The van der Waals surface area contributed by atoms with Crippen molar-refractivity contribution in [1.29, 1.82) is 0 Å². The molecule has 0 aromatic heterocycles. The molecule has 0 aromatic rings. The van der Waals surface area contributed by atoms with Gasteiger partial charge >= 0.3 is 0 Å². The Balaban J connectivity index is 3.67. The summed E-state index contributed by atoms with van der Waals surface area (Å²) in [5, 5.41) is 11.0. The van der Waals surface area contributed by atoms with Gasteiger partial charge in [0.1, 0.15) is 6.23 Å². The third-order valence-electron chi connectivity index (χ3n) is 0.831. The molecule has 0 heterocycles. The van der Waals surface area contributed by atoms with Gasteiger partial charge in [0.25, 0.3) is 0 Å². The topological polar surface area (TPSA) is 49.3 Å². The number of hydrogen-bond donors (Lipinski definition) is 2. The predicted molar refractivity (Wildman–Crippen MR) is 39.2 cm³/mol. The molecule has 0 bridgehead atoms. The molecule has 1 unspecified atom stereocenters. The highest BCUT2D eigenvalue weighted by molar-refractivity contribution is 5.87. The van der Waals surface area contributed by atoms with Crippen LogP contribution in [0.25, 0.3) is 0 Å². The predicted octanol–water partition coefficient (Wildman–Crippen LogP) is 0.183. The maximum atomic E-state index is 10.6. The Morgan fingerprint density at radius 1 is 1.80 bits per heavy atom. The lowest BCUT2D eigenvalue weighted by molar-refractivity contribution is -0.118. The van der Waals surface area contributed by atoms with Crippen molar-refractivity contribution in [2.45, 2.75) is 13.2 Å². The SMILES string of the molecule is C=CC(O)NC(=O)/C=C/C. The van der Waals surface area contributed by atoms with Crippen molar-refractivity contribution in [3.05, 3.63) is 24.8 Å². The minimum absolute atomic E-state index is 0.324. The Morgan fingerprint density at radius 2 is 2.40 bits per heavy atom. The zero-order valence-electron chi connectivity index (χ0n) is 5.87. The van der Waals surface area contributed by atoms with E-state index in [2.05, 4.69) is 11.9 Å². The number of amides is 1. The highest BCUT2D eigenvalue weighted by atomic mass is 16.3. The maximum Gasteiger partial charge on any atom is 0.245 e. The fourth-order valence-corrected chi connectivity index (χ4v) is 0.404. The summed E-state index contributed by atoms with van der Waals surface area (Å²) in [6, 6.07) is 0. The van der Waals surface area contributed by atoms with E-state index in [0.29, 0.717) is 0 Å². The summed E-state index contributed by atoms with van der Waals surface area (Å²) in [7, 11) is 0. The lowest BCUT2D eigenvalue weighted by Gasteiger charge is -2.03. The number of rotatable bonds is 3. The minimum Gasteiger partial charge on any atom is -0.370 e. The summed E-state index contributed by atoms with van der Waals surface area (Å²) >= 11 is 0. The van der Waals surface area contributed by atoms with Gasteiger partial charge in [-0.25, -0.2) is 0 Å². The molecule has 0 spiro atoms. The van der Waals surface area contributed by atoms with E-state index in [1.807, 2.05) is 0 Å². The van der Waals surface area contributed by atoms with Crippen LogP contribution in [-0.4, -0.2) is 17.2 Å². The van der Waals surface area contributed by atoms with Gasteiger partial charge in [0.2, 0.25) is 5.91 Å². The van der Waals surface area contributed by atoms with Crippen LogP contribution < -0.4 is 5.32 Å². The summed E-state index contributed by atoms with van der Waals surface area (Å²) in [5.74, 6) is -0.324.